The summed E-state index contributed by atoms with van der Waals surface area (Å²) in [7, 11) is 0. The standard InChI is InChI=1S/C14H13ClN2O2/c1-9-2-4-11(5-3-9)17-13(18)8-12(15)16(14(17)19)10-6-7-10/h2-5,8,10H,6-7H2,1H3. The SMILES string of the molecule is Cc1ccc(-n2c(=O)cc(Cl)n(C3CC3)c2=O)cc1. The maximum Gasteiger partial charge on any atom is 0.337 e. The Morgan fingerprint density at radius 3 is 2.37 bits per heavy atom. The van der Waals surface area contributed by atoms with Gasteiger partial charge in [-0.25, -0.2) is 9.36 Å². The number of aryl methyl sites for hydroxylation is 1. The molecular weight excluding hydrogens is 264 g/mol. The highest BCUT2D eigenvalue weighted by molar-refractivity contribution is 6.29. The van der Waals surface area contributed by atoms with Gasteiger partial charge in [-0.15, -0.1) is 0 Å². The topological polar surface area (TPSA) is 44.0 Å². The van der Waals surface area contributed by atoms with Crippen molar-refractivity contribution in [1.82, 2.24) is 9.13 Å². The highest BCUT2D eigenvalue weighted by Crippen LogP contribution is 2.35. The smallest absolute Gasteiger partial charge is 0.280 e. The van der Waals surface area contributed by atoms with Gasteiger partial charge in [0.05, 0.1) is 5.69 Å². The first-order valence-corrected chi connectivity index (χ1v) is 6.57. The van der Waals surface area contributed by atoms with E-state index >= 15 is 0 Å². The maximum absolute atomic E-state index is 12.4. The van der Waals surface area contributed by atoms with Crippen molar-refractivity contribution in [3.63, 3.8) is 0 Å². The summed E-state index contributed by atoms with van der Waals surface area (Å²) < 4.78 is 2.67. The maximum atomic E-state index is 12.4. The average Bonchev–Trinajstić information content (AvgIpc) is 3.15. The molecule has 1 saturated carbocycles. The monoisotopic (exact) mass is 276 g/mol. The van der Waals surface area contributed by atoms with Crippen LogP contribution in [-0.4, -0.2) is 9.13 Å². The lowest BCUT2D eigenvalue weighted by molar-refractivity contribution is 0.646. The second-order valence-corrected chi connectivity index (χ2v) is 5.25. The second-order valence-electron chi connectivity index (χ2n) is 4.86. The molecule has 1 heterocycles. The van der Waals surface area contributed by atoms with Gasteiger partial charge in [0.15, 0.2) is 0 Å². The van der Waals surface area contributed by atoms with E-state index in [2.05, 4.69) is 0 Å². The lowest BCUT2D eigenvalue weighted by atomic mass is 10.2. The Labute approximate surface area is 114 Å². The van der Waals surface area contributed by atoms with E-state index in [1.54, 1.807) is 12.1 Å². The molecule has 5 heteroatoms. The van der Waals surface area contributed by atoms with Gasteiger partial charge < -0.3 is 0 Å². The largest absolute Gasteiger partial charge is 0.337 e. The molecule has 0 bridgehead atoms. The Hall–Kier alpha value is -1.81. The molecule has 1 fully saturated rings. The third-order valence-corrected chi connectivity index (χ3v) is 3.59. The number of hydrogen-bond acceptors (Lipinski definition) is 2. The molecule has 1 aliphatic rings. The van der Waals surface area contributed by atoms with Gasteiger partial charge in [-0.3, -0.25) is 9.36 Å². The quantitative estimate of drug-likeness (QED) is 0.790. The second kappa shape index (κ2) is 4.38. The van der Waals surface area contributed by atoms with Crippen molar-refractivity contribution in [2.45, 2.75) is 25.8 Å². The van der Waals surface area contributed by atoms with Crippen LogP contribution in [0.1, 0.15) is 24.4 Å². The fourth-order valence-electron chi connectivity index (χ4n) is 2.12. The Bertz CT molecular complexity index is 740. The molecule has 0 aliphatic heterocycles. The third-order valence-electron chi connectivity index (χ3n) is 3.29. The molecule has 4 nitrogen and oxygen atoms in total. The summed E-state index contributed by atoms with van der Waals surface area (Å²) in [4.78, 5) is 24.4. The van der Waals surface area contributed by atoms with Crippen molar-refractivity contribution in [1.29, 1.82) is 0 Å². The summed E-state index contributed by atoms with van der Waals surface area (Å²) in [6.07, 6.45) is 1.87. The molecule has 1 aliphatic carbocycles. The zero-order valence-corrected chi connectivity index (χ0v) is 11.2. The Kier molecular flexibility index (Phi) is 2.82. The number of halogens is 1. The predicted octanol–water partition coefficient (Wildman–Crippen LogP) is 2.30. The van der Waals surface area contributed by atoms with Crippen LogP contribution in [0.3, 0.4) is 0 Å². The third kappa shape index (κ3) is 2.12. The van der Waals surface area contributed by atoms with E-state index in [1.165, 1.54) is 15.2 Å². The summed E-state index contributed by atoms with van der Waals surface area (Å²) in [6.45, 7) is 1.96. The molecule has 0 N–H and O–H groups in total. The van der Waals surface area contributed by atoms with Gasteiger partial charge in [-0.1, -0.05) is 29.3 Å². The van der Waals surface area contributed by atoms with Crippen molar-refractivity contribution in [2.24, 2.45) is 0 Å². The van der Waals surface area contributed by atoms with Crippen molar-refractivity contribution in [3.05, 3.63) is 61.9 Å². The fourth-order valence-corrected chi connectivity index (χ4v) is 2.43. The van der Waals surface area contributed by atoms with Crippen LogP contribution in [-0.2, 0) is 0 Å². The van der Waals surface area contributed by atoms with Crippen LogP contribution in [0, 0.1) is 6.92 Å². The van der Waals surface area contributed by atoms with Gasteiger partial charge in [0.2, 0.25) is 0 Å². The molecule has 0 unspecified atom stereocenters. The summed E-state index contributed by atoms with van der Waals surface area (Å²) in [6, 6.07) is 8.72. The first-order valence-electron chi connectivity index (χ1n) is 6.19. The molecule has 19 heavy (non-hydrogen) atoms. The van der Waals surface area contributed by atoms with Gasteiger partial charge in [0.25, 0.3) is 5.56 Å². The highest BCUT2D eigenvalue weighted by Gasteiger charge is 2.28. The molecular formula is C14H13ClN2O2. The molecule has 0 atom stereocenters. The first-order chi connectivity index (χ1) is 9.08. The Balaban J connectivity index is 2.26. The normalized spacial score (nSPS) is 14.6. The lowest BCUT2D eigenvalue weighted by Gasteiger charge is -2.11. The summed E-state index contributed by atoms with van der Waals surface area (Å²) >= 11 is 6.00. The van der Waals surface area contributed by atoms with Gasteiger partial charge in [0, 0.05) is 12.1 Å². The van der Waals surface area contributed by atoms with Gasteiger partial charge >= 0.3 is 5.69 Å². The molecule has 2 aromatic rings. The number of nitrogens with zero attached hydrogens (tertiary/aromatic N) is 2. The molecule has 1 aromatic carbocycles. The molecule has 0 saturated heterocycles. The van der Waals surface area contributed by atoms with E-state index in [-0.39, 0.29) is 16.9 Å². The molecule has 1 aromatic heterocycles. The van der Waals surface area contributed by atoms with Crippen molar-refractivity contribution >= 4 is 11.6 Å². The summed E-state index contributed by atoms with van der Waals surface area (Å²) in [5.41, 5.74) is 0.902. The van der Waals surface area contributed by atoms with Crippen LogP contribution in [0.5, 0.6) is 0 Å². The van der Waals surface area contributed by atoms with E-state index in [9.17, 15) is 9.59 Å². The predicted molar refractivity (Wildman–Crippen MR) is 74.3 cm³/mol. The highest BCUT2D eigenvalue weighted by atomic mass is 35.5. The number of benzene rings is 1. The zero-order chi connectivity index (χ0) is 13.6. The number of rotatable bonds is 2. The van der Waals surface area contributed by atoms with Gasteiger partial charge in [-0.05, 0) is 31.9 Å². The molecule has 98 valence electrons. The number of aromatic nitrogens is 2. The van der Waals surface area contributed by atoms with Crippen LogP contribution in [0.4, 0.5) is 0 Å². The summed E-state index contributed by atoms with van der Waals surface area (Å²) in [5.74, 6) is 0. The minimum absolute atomic E-state index is 0.136. The zero-order valence-electron chi connectivity index (χ0n) is 10.5. The van der Waals surface area contributed by atoms with Crippen LogP contribution in [0.15, 0.2) is 39.9 Å². The van der Waals surface area contributed by atoms with Crippen LogP contribution < -0.4 is 11.2 Å². The van der Waals surface area contributed by atoms with Crippen LogP contribution >= 0.6 is 11.6 Å². The average molecular weight is 277 g/mol. The van der Waals surface area contributed by atoms with E-state index < -0.39 is 5.56 Å². The van der Waals surface area contributed by atoms with Crippen molar-refractivity contribution in [2.75, 3.05) is 0 Å². The minimum Gasteiger partial charge on any atom is -0.280 e. The molecule has 0 radical (unpaired) electrons. The van der Waals surface area contributed by atoms with E-state index in [1.807, 2.05) is 19.1 Å². The Morgan fingerprint density at radius 1 is 1.16 bits per heavy atom. The van der Waals surface area contributed by atoms with E-state index in [0.29, 0.717) is 5.69 Å². The molecule has 0 spiro atoms. The van der Waals surface area contributed by atoms with E-state index in [0.717, 1.165) is 18.4 Å². The number of hydrogen-bond donors (Lipinski definition) is 0. The lowest BCUT2D eigenvalue weighted by Crippen LogP contribution is -2.38. The van der Waals surface area contributed by atoms with Gasteiger partial charge in [0.1, 0.15) is 5.15 Å². The first kappa shape index (κ1) is 12.2. The molecule has 0 amide bonds. The fraction of sp³-hybridized carbons (Fsp3) is 0.286. The van der Waals surface area contributed by atoms with Crippen molar-refractivity contribution < 1.29 is 0 Å². The van der Waals surface area contributed by atoms with Crippen LogP contribution in [0.2, 0.25) is 5.15 Å². The minimum atomic E-state index is -0.393. The van der Waals surface area contributed by atoms with E-state index in [4.69, 9.17) is 11.6 Å². The molecule has 3 rings (SSSR count). The van der Waals surface area contributed by atoms with Crippen molar-refractivity contribution in [3.8, 4) is 5.69 Å². The van der Waals surface area contributed by atoms with Crippen LogP contribution in [0.25, 0.3) is 5.69 Å². The summed E-state index contributed by atoms with van der Waals surface area (Å²) in [5, 5.41) is 0.223. The Morgan fingerprint density at radius 2 is 1.79 bits per heavy atom. The van der Waals surface area contributed by atoms with Gasteiger partial charge in [-0.2, -0.15) is 0 Å².